The van der Waals surface area contributed by atoms with Crippen LogP contribution in [-0.2, 0) is 0 Å². The first-order valence-corrected chi connectivity index (χ1v) is 9.36. The fourth-order valence-corrected chi connectivity index (χ4v) is 4.02. The molecule has 2 atom stereocenters. The van der Waals surface area contributed by atoms with Crippen LogP contribution in [0.1, 0.15) is 46.0 Å². The van der Waals surface area contributed by atoms with Gasteiger partial charge in [-0.1, -0.05) is 62.1 Å². The highest BCUT2D eigenvalue weighted by Crippen LogP contribution is 2.71. The Morgan fingerprint density at radius 1 is 0.630 bits per heavy atom. The van der Waals surface area contributed by atoms with Gasteiger partial charge in [-0.25, -0.2) is 4.39 Å². The lowest BCUT2D eigenvalue weighted by atomic mass is 9.66. The molecule has 0 saturated heterocycles. The topological polar surface area (TPSA) is 0 Å². The quantitative estimate of drug-likeness (QED) is 0.139. The fourth-order valence-electron chi connectivity index (χ4n) is 3.08. The van der Waals surface area contributed by atoms with E-state index < -0.39 is 45.1 Å². The van der Waals surface area contributed by atoms with Crippen molar-refractivity contribution in [1.82, 2.24) is 0 Å². The lowest BCUT2D eigenvalue weighted by molar-refractivity contribution is -0.490. The molecule has 0 spiro atoms. The van der Waals surface area contributed by atoms with Crippen LogP contribution < -0.4 is 0 Å². The average Bonchev–Trinajstić information content (AvgIpc) is 2.55. The van der Waals surface area contributed by atoms with Gasteiger partial charge < -0.3 is 0 Å². The molecule has 0 nitrogen and oxygen atoms in total. The van der Waals surface area contributed by atoms with E-state index in [-0.39, 0.29) is 12.8 Å². The Bertz CT molecular complexity index is 502. The highest BCUT2D eigenvalue weighted by atomic mass is 127. The lowest BCUT2D eigenvalue weighted by Crippen LogP contribution is -2.85. The van der Waals surface area contributed by atoms with Crippen LogP contribution in [0.15, 0.2) is 0 Å². The summed E-state index contributed by atoms with van der Waals surface area (Å²) in [4.78, 5) is 0. The summed E-state index contributed by atoms with van der Waals surface area (Å²) in [5, 5.41) is 0. The number of hydrogen-bond donors (Lipinski definition) is 0. The zero-order chi connectivity index (χ0) is 21.7. The summed E-state index contributed by atoms with van der Waals surface area (Å²) in [7, 11) is 0. The zero-order valence-corrected chi connectivity index (χ0v) is 16.4. The van der Waals surface area contributed by atoms with Gasteiger partial charge in [0.25, 0.3) is 5.67 Å². The van der Waals surface area contributed by atoms with Gasteiger partial charge in [-0.2, -0.15) is 43.9 Å². The summed E-state index contributed by atoms with van der Waals surface area (Å²) >= 11 is 1.21. The largest absolute Gasteiger partial charge is 0.384 e. The predicted octanol–water partition coefficient (Wildman–Crippen LogP) is 7.29. The predicted molar refractivity (Wildman–Crippen MR) is 84.3 cm³/mol. The highest BCUT2D eigenvalue weighted by molar-refractivity contribution is 14.1. The molecule has 1 aliphatic carbocycles. The molecule has 0 aromatic rings. The molecule has 0 bridgehead atoms. The van der Waals surface area contributed by atoms with Crippen LogP contribution in [-0.4, -0.2) is 39.2 Å². The number of halogens is 12. The second-order valence-electron chi connectivity index (χ2n) is 6.74. The van der Waals surface area contributed by atoms with Crippen molar-refractivity contribution in [2.75, 3.05) is 0 Å². The molecular formula is C15H18F11I. The summed E-state index contributed by atoms with van der Waals surface area (Å²) < 4.78 is 150. The van der Waals surface area contributed by atoms with Gasteiger partial charge in [0.15, 0.2) is 0 Å². The van der Waals surface area contributed by atoms with Crippen molar-refractivity contribution in [3.05, 3.63) is 0 Å². The molecule has 0 aromatic carbocycles. The van der Waals surface area contributed by atoms with Crippen LogP contribution in [0.4, 0.5) is 48.3 Å². The number of hydrogen-bond acceptors (Lipinski definition) is 0. The van der Waals surface area contributed by atoms with Crippen molar-refractivity contribution in [2.45, 2.75) is 85.2 Å². The van der Waals surface area contributed by atoms with Crippen molar-refractivity contribution in [2.24, 2.45) is 5.92 Å². The van der Waals surface area contributed by atoms with Gasteiger partial charge in [-0.05, 0) is 6.42 Å². The maximum atomic E-state index is 14.9. The Labute approximate surface area is 162 Å². The van der Waals surface area contributed by atoms with Crippen LogP contribution in [0.5, 0.6) is 0 Å². The van der Waals surface area contributed by atoms with Crippen LogP contribution in [0.25, 0.3) is 0 Å². The molecule has 0 aliphatic heterocycles. The minimum Gasteiger partial charge on any atom is -0.230 e. The van der Waals surface area contributed by atoms with Gasteiger partial charge in [-0.15, -0.1) is 0 Å². The van der Waals surface area contributed by atoms with Gasteiger partial charge in [0.2, 0.25) is 0 Å². The molecule has 0 radical (unpaired) electrons. The van der Waals surface area contributed by atoms with Crippen LogP contribution in [0, 0.1) is 5.92 Å². The third-order valence-corrected chi connectivity index (χ3v) is 6.70. The van der Waals surface area contributed by atoms with Gasteiger partial charge in [0.1, 0.15) is 0 Å². The van der Waals surface area contributed by atoms with Crippen molar-refractivity contribution >= 4 is 22.6 Å². The third-order valence-electron chi connectivity index (χ3n) is 4.99. The van der Waals surface area contributed by atoms with Gasteiger partial charge in [-0.3, -0.25) is 0 Å². The number of rotatable bonds is 7. The molecule has 1 aliphatic rings. The second kappa shape index (κ2) is 7.33. The Kier molecular flexibility index (Phi) is 6.79. The van der Waals surface area contributed by atoms with Crippen molar-refractivity contribution in [1.29, 1.82) is 0 Å². The van der Waals surface area contributed by atoms with Crippen molar-refractivity contribution in [3.63, 3.8) is 0 Å². The molecular weight excluding hydrogens is 516 g/mol. The van der Waals surface area contributed by atoms with E-state index in [4.69, 9.17) is 0 Å². The Morgan fingerprint density at radius 2 is 1.00 bits per heavy atom. The monoisotopic (exact) mass is 534 g/mol. The number of alkyl halides is 12. The Hall–Kier alpha value is -0.0400. The molecule has 162 valence electrons. The van der Waals surface area contributed by atoms with E-state index in [0.717, 1.165) is 6.42 Å². The minimum absolute atomic E-state index is 0.210. The Morgan fingerprint density at radius 3 is 1.37 bits per heavy atom. The normalized spacial score (nSPS) is 29.1. The average molecular weight is 534 g/mol. The van der Waals surface area contributed by atoms with Crippen molar-refractivity contribution in [3.8, 4) is 0 Å². The van der Waals surface area contributed by atoms with Crippen LogP contribution in [0.3, 0.4) is 0 Å². The van der Waals surface area contributed by atoms with Gasteiger partial charge in [0.05, 0.1) is 0 Å². The molecule has 0 heterocycles. The molecule has 0 amide bonds. The van der Waals surface area contributed by atoms with Gasteiger partial charge in [0, 0.05) is 9.84 Å². The standard InChI is InChI=1S/C15H18F11I/c1-3-4-5-6-7-9(27)8(2)10(16)11(17,18)13(21,22)15(25,26)14(23,24)12(10,19)20/h8-9H,3-7H2,1-2H3. The summed E-state index contributed by atoms with van der Waals surface area (Å²) in [6.45, 7) is 2.14. The molecule has 12 heteroatoms. The summed E-state index contributed by atoms with van der Waals surface area (Å²) in [6, 6.07) is 0. The zero-order valence-electron chi connectivity index (χ0n) is 14.2. The first kappa shape index (κ1) is 25.0. The molecule has 1 fully saturated rings. The first-order chi connectivity index (χ1) is 11.9. The lowest BCUT2D eigenvalue weighted by Gasteiger charge is -2.55. The first-order valence-electron chi connectivity index (χ1n) is 8.11. The van der Waals surface area contributed by atoms with E-state index in [2.05, 4.69) is 0 Å². The van der Waals surface area contributed by atoms with Crippen LogP contribution in [0.2, 0.25) is 0 Å². The smallest absolute Gasteiger partial charge is 0.230 e. The SMILES string of the molecule is CCCCCCC(I)C(C)C1(F)C(F)(F)C(F)(F)C(F)(F)C(F)(F)C1(F)F. The van der Waals surface area contributed by atoms with Gasteiger partial charge >= 0.3 is 29.6 Å². The molecule has 2 unspecified atom stereocenters. The van der Waals surface area contributed by atoms with E-state index in [1.807, 2.05) is 6.92 Å². The molecule has 0 N–H and O–H groups in total. The molecule has 1 rings (SSSR count). The van der Waals surface area contributed by atoms with E-state index in [1.54, 1.807) is 0 Å². The maximum Gasteiger partial charge on any atom is 0.384 e. The fraction of sp³-hybridized carbons (Fsp3) is 1.00. The molecule has 1 saturated carbocycles. The van der Waals surface area contributed by atoms with E-state index in [9.17, 15) is 48.3 Å². The van der Waals surface area contributed by atoms with E-state index in [1.165, 1.54) is 22.6 Å². The Balaban J connectivity index is 3.44. The maximum absolute atomic E-state index is 14.9. The van der Waals surface area contributed by atoms with Crippen molar-refractivity contribution < 1.29 is 48.3 Å². The van der Waals surface area contributed by atoms with E-state index >= 15 is 0 Å². The van der Waals surface area contributed by atoms with Crippen LogP contribution >= 0.6 is 22.6 Å². The minimum atomic E-state index is -7.15. The number of unbranched alkanes of at least 4 members (excludes halogenated alkanes) is 3. The van der Waals surface area contributed by atoms with E-state index in [0.29, 0.717) is 19.8 Å². The summed E-state index contributed by atoms with van der Waals surface area (Å²) in [5.41, 5.74) is -5.88. The highest BCUT2D eigenvalue weighted by Gasteiger charge is 3.01. The summed E-state index contributed by atoms with van der Waals surface area (Å²) in [6.07, 6.45) is 1.87. The second-order valence-corrected chi connectivity index (χ2v) is 8.34. The molecule has 0 aromatic heterocycles. The third kappa shape index (κ3) is 3.04. The molecule has 27 heavy (non-hydrogen) atoms. The summed E-state index contributed by atoms with van der Waals surface area (Å²) in [5.74, 6) is -37.4.